The molecular weight excluding hydrogens is 370 g/mol. The lowest BCUT2D eigenvalue weighted by atomic mass is 9.71. The molecule has 2 aliphatic rings. The Morgan fingerprint density at radius 2 is 1.41 bits per heavy atom. The number of ether oxygens (including phenoxy) is 4. The summed E-state index contributed by atoms with van der Waals surface area (Å²) in [6.45, 7) is 2.70. The number of carbonyl (C=O) groups is 1. The van der Waals surface area contributed by atoms with Gasteiger partial charge in [-0.1, -0.05) is 0 Å². The van der Waals surface area contributed by atoms with Gasteiger partial charge in [0.15, 0.2) is 23.0 Å². The summed E-state index contributed by atoms with van der Waals surface area (Å²) in [7, 11) is 6.51. The third kappa shape index (κ3) is 2.89. The molecule has 0 spiro atoms. The third-order valence-electron chi connectivity index (χ3n) is 6.20. The van der Waals surface area contributed by atoms with Gasteiger partial charge in [0.1, 0.15) is 0 Å². The third-order valence-corrected chi connectivity index (χ3v) is 6.20. The van der Waals surface area contributed by atoms with Gasteiger partial charge in [0.05, 0.1) is 28.4 Å². The van der Waals surface area contributed by atoms with Crippen molar-refractivity contribution in [3.63, 3.8) is 0 Å². The molecule has 154 valence electrons. The lowest BCUT2D eigenvalue weighted by molar-refractivity contribution is 0.0620. The predicted octanol–water partition coefficient (Wildman–Crippen LogP) is 3.64. The lowest BCUT2D eigenvalue weighted by Gasteiger charge is -2.45. The topological polar surface area (TPSA) is 57.2 Å². The van der Waals surface area contributed by atoms with E-state index in [0.29, 0.717) is 29.4 Å². The largest absolute Gasteiger partial charge is 0.493 e. The summed E-state index contributed by atoms with van der Waals surface area (Å²) in [6.07, 6.45) is 1.80. The van der Waals surface area contributed by atoms with E-state index in [-0.39, 0.29) is 17.9 Å². The Morgan fingerprint density at radius 1 is 0.862 bits per heavy atom. The number of likely N-dealkylation sites (N-methyl/N-ethyl adjacent to an activating group) is 1. The first-order valence-electron chi connectivity index (χ1n) is 9.89. The highest BCUT2D eigenvalue weighted by Gasteiger charge is 2.43. The molecule has 0 saturated carbocycles. The molecule has 29 heavy (non-hydrogen) atoms. The van der Waals surface area contributed by atoms with Gasteiger partial charge in [-0.2, -0.15) is 0 Å². The van der Waals surface area contributed by atoms with Crippen molar-refractivity contribution in [3.05, 3.63) is 46.5 Å². The number of aryl methyl sites for hydroxylation is 1. The normalized spacial score (nSPS) is 19.8. The standard InChI is InChI=1S/C23H27NO5/c1-6-24-17-8-7-13-9-18(26-2)19(27-3)10-14(13)22(17)15-11-20(28-4)21(29-5)12-16(15)23(24)25/h9-12,17,22H,6-8H2,1-5H3/t17-,22+/m1/s1. The van der Waals surface area contributed by atoms with Gasteiger partial charge in [0.25, 0.3) is 5.91 Å². The Kier molecular flexibility index (Phi) is 5.03. The molecule has 1 amide bonds. The number of fused-ring (bicyclic) bond motifs is 5. The molecule has 0 bridgehead atoms. The van der Waals surface area contributed by atoms with E-state index in [9.17, 15) is 4.79 Å². The molecule has 1 aliphatic carbocycles. The van der Waals surface area contributed by atoms with Crippen molar-refractivity contribution in [2.24, 2.45) is 0 Å². The first-order valence-corrected chi connectivity index (χ1v) is 9.89. The smallest absolute Gasteiger partial charge is 0.254 e. The zero-order valence-corrected chi connectivity index (χ0v) is 17.6. The minimum absolute atomic E-state index is 0.0472. The van der Waals surface area contributed by atoms with Crippen LogP contribution in [0.4, 0.5) is 0 Å². The van der Waals surface area contributed by atoms with Crippen molar-refractivity contribution in [2.75, 3.05) is 35.0 Å². The Morgan fingerprint density at radius 3 is 2.00 bits per heavy atom. The van der Waals surface area contributed by atoms with Gasteiger partial charge in [-0.3, -0.25) is 4.79 Å². The molecular formula is C23H27NO5. The number of benzene rings is 2. The van der Waals surface area contributed by atoms with Crippen LogP contribution in [0.2, 0.25) is 0 Å². The fraction of sp³-hybridized carbons (Fsp3) is 0.435. The molecule has 2 aromatic rings. The molecule has 2 aromatic carbocycles. The Hall–Kier alpha value is -2.89. The predicted molar refractivity (Wildman–Crippen MR) is 110 cm³/mol. The van der Waals surface area contributed by atoms with Gasteiger partial charge >= 0.3 is 0 Å². The average molecular weight is 397 g/mol. The number of carbonyl (C=O) groups excluding carboxylic acids is 1. The highest BCUT2D eigenvalue weighted by Crippen LogP contribution is 2.49. The van der Waals surface area contributed by atoms with Gasteiger partial charge < -0.3 is 23.8 Å². The zero-order chi connectivity index (χ0) is 20.7. The number of hydrogen-bond donors (Lipinski definition) is 0. The van der Waals surface area contributed by atoms with Crippen LogP contribution in [-0.2, 0) is 6.42 Å². The van der Waals surface area contributed by atoms with Crippen LogP contribution in [0.5, 0.6) is 23.0 Å². The summed E-state index contributed by atoms with van der Waals surface area (Å²) in [5, 5.41) is 0. The molecule has 0 unspecified atom stereocenters. The maximum Gasteiger partial charge on any atom is 0.254 e. The summed E-state index contributed by atoms with van der Waals surface area (Å²) in [6, 6.07) is 8.00. The van der Waals surface area contributed by atoms with Crippen molar-refractivity contribution in [1.82, 2.24) is 4.90 Å². The van der Waals surface area contributed by atoms with Crippen LogP contribution < -0.4 is 18.9 Å². The number of hydrogen-bond acceptors (Lipinski definition) is 5. The zero-order valence-electron chi connectivity index (χ0n) is 17.6. The van der Waals surface area contributed by atoms with Crippen LogP contribution in [-0.4, -0.2) is 51.8 Å². The van der Waals surface area contributed by atoms with E-state index < -0.39 is 0 Å². The summed E-state index contributed by atoms with van der Waals surface area (Å²) in [5.41, 5.74) is 4.07. The molecule has 4 rings (SSSR count). The number of rotatable bonds is 5. The van der Waals surface area contributed by atoms with Crippen LogP contribution in [0.15, 0.2) is 24.3 Å². The van der Waals surface area contributed by atoms with E-state index in [1.807, 2.05) is 24.0 Å². The number of methoxy groups -OCH3 is 4. The van der Waals surface area contributed by atoms with Gasteiger partial charge in [-0.15, -0.1) is 0 Å². The van der Waals surface area contributed by atoms with Crippen LogP contribution in [0.1, 0.15) is 46.3 Å². The van der Waals surface area contributed by atoms with Crippen LogP contribution in [0.3, 0.4) is 0 Å². The minimum Gasteiger partial charge on any atom is -0.493 e. The Bertz CT molecular complexity index is 955. The summed E-state index contributed by atoms with van der Waals surface area (Å²) < 4.78 is 22.1. The summed E-state index contributed by atoms with van der Waals surface area (Å²) >= 11 is 0. The first-order chi connectivity index (χ1) is 14.1. The quantitative estimate of drug-likeness (QED) is 0.771. The lowest BCUT2D eigenvalue weighted by Crippen LogP contribution is -2.50. The van der Waals surface area contributed by atoms with E-state index in [0.717, 1.165) is 24.2 Å². The number of nitrogens with zero attached hydrogens (tertiary/aromatic N) is 1. The maximum absolute atomic E-state index is 13.3. The van der Waals surface area contributed by atoms with E-state index in [2.05, 4.69) is 12.1 Å². The molecule has 1 aliphatic heterocycles. The average Bonchev–Trinajstić information content (AvgIpc) is 2.76. The molecule has 0 N–H and O–H groups in total. The van der Waals surface area contributed by atoms with Crippen molar-refractivity contribution in [2.45, 2.75) is 31.7 Å². The van der Waals surface area contributed by atoms with Crippen molar-refractivity contribution >= 4 is 5.91 Å². The van der Waals surface area contributed by atoms with Crippen LogP contribution >= 0.6 is 0 Å². The molecule has 0 fully saturated rings. The van der Waals surface area contributed by atoms with Crippen LogP contribution in [0.25, 0.3) is 0 Å². The minimum atomic E-state index is 0.0472. The van der Waals surface area contributed by atoms with Crippen molar-refractivity contribution in [3.8, 4) is 23.0 Å². The molecule has 0 saturated heterocycles. The molecule has 2 atom stereocenters. The van der Waals surface area contributed by atoms with E-state index >= 15 is 0 Å². The second-order valence-corrected chi connectivity index (χ2v) is 7.38. The number of amides is 1. The van der Waals surface area contributed by atoms with E-state index in [4.69, 9.17) is 18.9 Å². The van der Waals surface area contributed by atoms with Crippen molar-refractivity contribution in [1.29, 1.82) is 0 Å². The maximum atomic E-state index is 13.3. The fourth-order valence-electron chi connectivity index (χ4n) is 4.85. The van der Waals surface area contributed by atoms with Gasteiger partial charge in [-0.05, 0) is 60.7 Å². The highest BCUT2D eigenvalue weighted by atomic mass is 16.5. The van der Waals surface area contributed by atoms with Gasteiger partial charge in [0, 0.05) is 24.1 Å². The van der Waals surface area contributed by atoms with Gasteiger partial charge in [0.2, 0.25) is 0 Å². The second-order valence-electron chi connectivity index (χ2n) is 7.38. The molecule has 1 heterocycles. The molecule has 6 heteroatoms. The fourth-order valence-corrected chi connectivity index (χ4v) is 4.85. The molecule has 0 radical (unpaired) electrons. The van der Waals surface area contributed by atoms with Crippen molar-refractivity contribution < 1.29 is 23.7 Å². The Balaban J connectivity index is 1.97. The SMILES string of the molecule is CCN1C(=O)c2cc(OC)c(OC)cc2[C@@H]2c3cc(OC)c(OC)cc3CC[C@H]21. The summed E-state index contributed by atoms with van der Waals surface area (Å²) in [4.78, 5) is 15.3. The van der Waals surface area contributed by atoms with Crippen LogP contribution in [0, 0.1) is 0 Å². The van der Waals surface area contributed by atoms with E-state index in [1.54, 1.807) is 28.4 Å². The van der Waals surface area contributed by atoms with Gasteiger partial charge in [-0.25, -0.2) is 0 Å². The van der Waals surface area contributed by atoms with E-state index in [1.165, 1.54) is 11.1 Å². The second kappa shape index (κ2) is 7.50. The molecule has 0 aromatic heterocycles. The first kappa shape index (κ1) is 19.4. The Labute approximate surface area is 171 Å². The summed E-state index contributed by atoms with van der Waals surface area (Å²) in [5.74, 6) is 2.73. The highest BCUT2D eigenvalue weighted by molar-refractivity contribution is 5.98. The molecule has 6 nitrogen and oxygen atoms in total. The monoisotopic (exact) mass is 397 g/mol.